The van der Waals surface area contributed by atoms with Crippen molar-refractivity contribution in [3.05, 3.63) is 94.5 Å². The number of nitrogens with one attached hydrogen (secondary N) is 1. The van der Waals surface area contributed by atoms with E-state index < -0.39 is 0 Å². The average Bonchev–Trinajstić information content (AvgIpc) is 2.73. The molecule has 0 fully saturated rings. The number of amides is 1. The van der Waals surface area contributed by atoms with E-state index in [0.717, 1.165) is 16.9 Å². The Morgan fingerprint density at radius 2 is 1.73 bits per heavy atom. The quantitative estimate of drug-likeness (QED) is 0.490. The largest absolute Gasteiger partial charge is 0.508 e. The van der Waals surface area contributed by atoms with Gasteiger partial charge in [0.05, 0.1) is 6.10 Å². The van der Waals surface area contributed by atoms with Crippen LogP contribution in [0.3, 0.4) is 0 Å². The Labute approximate surface area is 182 Å². The van der Waals surface area contributed by atoms with Gasteiger partial charge in [-0.3, -0.25) is 4.79 Å². The van der Waals surface area contributed by atoms with E-state index in [9.17, 15) is 9.90 Å². The number of ether oxygens (including phenoxy) is 1. The fraction of sp³-hybridized carbons (Fsp3) is 0.240. The fourth-order valence-corrected chi connectivity index (χ4v) is 3.49. The molecule has 0 saturated carbocycles. The molecule has 0 unspecified atom stereocenters. The first kappa shape index (κ1) is 21.7. The SMILES string of the molecule is CC(C)Oc1ccc(CNC(=O)C[C@@H](c2ccccc2)c2cc(Cl)ccc2O)cc1. The van der Waals surface area contributed by atoms with Crippen molar-refractivity contribution in [3.8, 4) is 11.5 Å². The smallest absolute Gasteiger partial charge is 0.221 e. The van der Waals surface area contributed by atoms with Gasteiger partial charge in [-0.15, -0.1) is 0 Å². The number of phenolic OH excluding ortho intramolecular Hbond substituents is 1. The molecule has 5 heteroatoms. The number of phenols is 1. The third-order valence-electron chi connectivity index (χ3n) is 4.74. The lowest BCUT2D eigenvalue weighted by Gasteiger charge is -2.19. The Bertz CT molecular complexity index is 971. The van der Waals surface area contributed by atoms with Gasteiger partial charge in [-0.05, 0) is 55.3 Å². The van der Waals surface area contributed by atoms with Crippen LogP contribution in [0.5, 0.6) is 11.5 Å². The fourth-order valence-electron chi connectivity index (χ4n) is 3.31. The predicted octanol–water partition coefficient (Wildman–Crippen LogP) is 5.67. The molecule has 0 bridgehead atoms. The van der Waals surface area contributed by atoms with Crippen LogP contribution in [-0.4, -0.2) is 17.1 Å². The number of carbonyl (C=O) groups is 1. The van der Waals surface area contributed by atoms with Crippen LogP contribution in [0, 0.1) is 0 Å². The van der Waals surface area contributed by atoms with Crippen LogP contribution in [0.2, 0.25) is 5.02 Å². The minimum absolute atomic E-state index is 0.106. The molecule has 0 spiro atoms. The summed E-state index contributed by atoms with van der Waals surface area (Å²) < 4.78 is 5.64. The maximum atomic E-state index is 12.7. The molecule has 0 saturated heterocycles. The van der Waals surface area contributed by atoms with Gasteiger partial charge in [0, 0.05) is 29.5 Å². The van der Waals surface area contributed by atoms with E-state index in [1.54, 1.807) is 18.2 Å². The molecule has 0 heterocycles. The van der Waals surface area contributed by atoms with Crippen molar-refractivity contribution in [3.63, 3.8) is 0 Å². The number of halogens is 1. The van der Waals surface area contributed by atoms with E-state index in [-0.39, 0.29) is 30.1 Å². The highest BCUT2D eigenvalue weighted by molar-refractivity contribution is 6.30. The summed E-state index contributed by atoms with van der Waals surface area (Å²) in [5, 5.41) is 13.9. The van der Waals surface area contributed by atoms with Gasteiger partial charge >= 0.3 is 0 Å². The zero-order valence-electron chi connectivity index (χ0n) is 17.1. The second kappa shape index (κ2) is 10.2. The molecule has 1 atom stereocenters. The molecular weight excluding hydrogens is 398 g/mol. The highest BCUT2D eigenvalue weighted by atomic mass is 35.5. The van der Waals surface area contributed by atoms with Crippen LogP contribution >= 0.6 is 11.6 Å². The van der Waals surface area contributed by atoms with Crippen molar-refractivity contribution < 1.29 is 14.6 Å². The predicted molar refractivity (Wildman–Crippen MR) is 120 cm³/mol. The van der Waals surface area contributed by atoms with E-state index in [1.165, 1.54) is 0 Å². The number of aromatic hydroxyl groups is 1. The van der Waals surface area contributed by atoms with Crippen molar-refractivity contribution in [2.45, 2.75) is 38.8 Å². The first-order valence-electron chi connectivity index (χ1n) is 9.98. The van der Waals surface area contributed by atoms with Gasteiger partial charge in [-0.1, -0.05) is 54.1 Å². The lowest BCUT2D eigenvalue weighted by Crippen LogP contribution is -2.25. The molecule has 156 valence electrons. The number of hydrogen-bond donors (Lipinski definition) is 2. The first-order valence-corrected chi connectivity index (χ1v) is 10.4. The molecule has 0 aliphatic carbocycles. The van der Waals surface area contributed by atoms with Crippen molar-refractivity contribution >= 4 is 17.5 Å². The molecule has 1 amide bonds. The van der Waals surface area contributed by atoms with Gasteiger partial charge in [0.2, 0.25) is 5.91 Å². The number of benzene rings is 3. The maximum absolute atomic E-state index is 12.7. The summed E-state index contributed by atoms with van der Waals surface area (Å²) in [5.41, 5.74) is 2.57. The lowest BCUT2D eigenvalue weighted by molar-refractivity contribution is -0.121. The Kier molecular flexibility index (Phi) is 7.36. The second-order valence-electron chi connectivity index (χ2n) is 7.46. The summed E-state index contributed by atoms with van der Waals surface area (Å²) in [6, 6.07) is 22.3. The van der Waals surface area contributed by atoms with Gasteiger partial charge in [0.15, 0.2) is 0 Å². The lowest BCUT2D eigenvalue weighted by atomic mass is 9.87. The first-order chi connectivity index (χ1) is 14.4. The Hall–Kier alpha value is -2.98. The van der Waals surface area contributed by atoms with E-state index in [4.69, 9.17) is 16.3 Å². The van der Waals surface area contributed by atoms with E-state index in [1.807, 2.05) is 68.4 Å². The standard InChI is InChI=1S/C25H26ClNO3/c1-17(2)30-21-11-8-18(9-12-21)16-27-25(29)15-22(19-6-4-3-5-7-19)23-14-20(26)10-13-24(23)28/h3-14,17,22,28H,15-16H2,1-2H3,(H,27,29)/t22-/m0/s1. The molecule has 0 radical (unpaired) electrons. The molecule has 0 aromatic heterocycles. The highest BCUT2D eigenvalue weighted by Gasteiger charge is 2.21. The summed E-state index contributed by atoms with van der Waals surface area (Å²) in [6.45, 7) is 4.38. The third kappa shape index (κ3) is 6.01. The Balaban J connectivity index is 1.70. The second-order valence-corrected chi connectivity index (χ2v) is 7.89. The summed E-state index contributed by atoms with van der Waals surface area (Å²) in [4.78, 5) is 12.7. The number of rotatable bonds is 8. The Morgan fingerprint density at radius 3 is 2.40 bits per heavy atom. The molecule has 0 aliphatic rings. The number of hydrogen-bond acceptors (Lipinski definition) is 3. The van der Waals surface area contributed by atoms with E-state index >= 15 is 0 Å². The summed E-state index contributed by atoms with van der Waals surface area (Å²) in [6.07, 6.45) is 0.320. The zero-order valence-corrected chi connectivity index (χ0v) is 17.9. The van der Waals surface area contributed by atoms with Crippen molar-refractivity contribution in [2.24, 2.45) is 0 Å². The van der Waals surface area contributed by atoms with Crippen LogP contribution < -0.4 is 10.1 Å². The summed E-state index contributed by atoms with van der Waals surface area (Å²) >= 11 is 6.15. The molecule has 2 N–H and O–H groups in total. The van der Waals surface area contributed by atoms with Crippen LogP contribution in [0.25, 0.3) is 0 Å². The summed E-state index contributed by atoms with van der Waals surface area (Å²) in [5.74, 6) is 0.528. The number of carbonyl (C=O) groups excluding carboxylic acids is 1. The zero-order chi connectivity index (χ0) is 21.5. The minimum atomic E-state index is -0.299. The monoisotopic (exact) mass is 423 g/mol. The third-order valence-corrected chi connectivity index (χ3v) is 4.98. The van der Waals surface area contributed by atoms with Gasteiger partial charge in [-0.25, -0.2) is 0 Å². The molecule has 3 rings (SSSR count). The molecule has 30 heavy (non-hydrogen) atoms. The van der Waals surface area contributed by atoms with Crippen molar-refractivity contribution in [1.29, 1.82) is 0 Å². The average molecular weight is 424 g/mol. The molecular formula is C25H26ClNO3. The van der Waals surface area contributed by atoms with Gasteiger partial charge in [-0.2, -0.15) is 0 Å². The van der Waals surface area contributed by atoms with Gasteiger partial charge < -0.3 is 15.2 Å². The minimum Gasteiger partial charge on any atom is -0.508 e. The molecule has 3 aromatic carbocycles. The van der Waals surface area contributed by atoms with Crippen molar-refractivity contribution in [2.75, 3.05) is 0 Å². The van der Waals surface area contributed by atoms with Crippen LogP contribution in [0.4, 0.5) is 0 Å². The highest BCUT2D eigenvalue weighted by Crippen LogP contribution is 2.35. The molecule has 3 aromatic rings. The van der Waals surface area contributed by atoms with Crippen LogP contribution in [-0.2, 0) is 11.3 Å². The van der Waals surface area contributed by atoms with Crippen LogP contribution in [0.1, 0.15) is 42.9 Å². The molecule has 4 nitrogen and oxygen atoms in total. The van der Waals surface area contributed by atoms with Gasteiger partial charge in [0.25, 0.3) is 0 Å². The normalized spacial score (nSPS) is 11.9. The maximum Gasteiger partial charge on any atom is 0.221 e. The van der Waals surface area contributed by atoms with E-state index in [0.29, 0.717) is 17.1 Å². The van der Waals surface area contributed by atoms with Crippen molar-refractivity contribution in [1.82, 2.24) is 5.32 Å². The van der Waals surface area contributed by atoms with Gasteiger partial charge in [0.1, 0.15) is 11.5 Å². The Morgan fingerprint density at radius 1 is 1.03 bits per heavy atom. The summed E-state index contributed by atoms with van der Waals surface area (Å²) in [7, 11) is 0. The molecule has 0 aliphatic heterocycles. The van der Waals surface area contributed by atoms with E-state index in [2.05, 4.69) is 5.32 Å². The topological polar surface area (TPSA) is 58.6 Å². The van der Waals surface area contributed by atoms with Crippen LogP contribution in [0.15, 0.2) is 72.8 Å².